The lowest BCUT2D eigenvalue weighted by molar-refractivity contribution is 0.0749. The minimum Gasteiger partial charge on any atom is -0.398 e. The van der Waals surface area contributed by atoms with Crippen LogP contribution in [-0.2, 0) is 9.84 Å². The van der Waals surface area contributed by atoms with Crippen molar-refractivity contribution in [1.82, 2.24) is 4.90 Å². The molecule has 21 heavy (non-hydrogen) atoms. The van der Waals surface area contributed by atoms with Crippen LogP contribution in [0.25, 0.3) is 0 Å². The van der Waals surface area contributed by atoms with Gasteiger partial charge in [-0.2, -0.15) is 11.8 Å². The third kappa shape index (κ3) is 3.35. The molecule has 2 rings (SSSR count). The Bertz CT molecular complexity index is 671. The standard InChI is InChI=1S/C14H20N2O3S2/c1-9-6-10(2)12(15)7-11(9)14(17)16-4-5-20-8-13(16)21(3,18)19/h6-7,13H,4-5,8,15H2,1-3H3. The van der Waals surface area contributed by atoms with Crippen LogP contribution in [0.2, 0.25) is 0 Å². The highest BCUT2D eigenvalue weighted by atomic mass is 32.2. The molecule has 0 radical (unpaired) electrons. The Hall–Kier alpha value is -1.21. The van der Waals surface area contributed by atoms with Crippen molar-refractivity contribution in [3.05, 3.63) is 28.8 Å². The number of nitrogen functional groups attached to an aromatic ring is 1. The summed E-state index contributed by atoms with van der Waals surface area (Å²) in [7, 11) is -3.31. The van der Waals surface area contributed by atoms with Crippen molar-refractivity contribution in [2.24, 2.45) is 0 Å². The Morgan fingerprint density at radius 2 is 2.00 bits per heavy atom. The van der Waals surface area contributed by atoms with Crippen molar-refractivity contribution < 1.29 is 13.2 Å². The molecule has 1 fully saturated rings. The number of hydrogen-bond donors (Lipinski definition) is 1. The van der Waals surface area contributed by atoms with Gasteiger partial charge in [0.1, 0.15) is 5.37 Å². The first-order chi connectivity index (χ1) is 9.71. The Morgan fingerprint density at radius 3 is 2.62 bits per heavy atom. The van der Waals surface area contributed by atoms with Crippen molar-refractivity contribution in [3.63, 3.8) is 0 Å². The van der Waals surface area contributed by atoms with Gasteiger partial charge in [-0.05, 0) is 31.0 Å². The molecule has 1 atom stereocenters. The van der Waals surface area contributed by atoms with Crippen LogP contribution in [0, 0.1) is 13.8 Å². The fourth-order valence-electron chi connectivity index (χ4n) is 2.42. The van der Waals surface area contributed by atoms with Crippen molar-refractivity contribution in [2.45, 2.75) is 19.2 Å². The van der Waals surface area contributed by atoms with Crippen molar-refractivity contribution in [2.75, 3.05) is 30.0 Å². The molecule has 1 amide bonds. The van der Waals surface area contributed by atoms with Crippen LogP contribution >= 0.6 is 11.8 Å². The predicted molar refractivity (Wildman–Crippen MR) is 87.3 cm³/mol. The molecule has 1 aliphatic heterocycles. The zero-order chi connectivity index (χ0) is 15.8. The lowest BCUT2D eigenvalue weighted by Gasteiger charge is -2.34. The first kappa shape index (κ1) is 16.2. The first-order valence-corrected chi connectivity index (χ1v) is 9.77. The Labute approximate surface area is 129 Å². The second-order valence-corrected chi connectivity index (χ2v) is 8.73. The van der Waals surface area contributed by atoms with Crippen LogP contribution in [0.15, 0.2) is 12.1 Å². The largest absolute Gasteiger partial charge is 0.398 e. The summed E-state index contributed by atoms with van der Waals surface area (Å²) in [5.41, 5.74) is 8.65. The molecule has 116 valence electrons. The minimum absolute atomic E-state index is 0.255. The lowest BCUT2D eigenvalue weighted by Crippen LogP contribution is -2.50. The van der Waals surface area contributed by atoms with E-state index in [4.69, 9.17) is 5.73 Å². The number of nitrogens with zero attached hydrogens (tertiary/aromatic N) is 1. The van der Waals surface area contributed by atoms with Gasteiger partial charge in [0.25, 0.3) is 5.91 Å². The summed E-state index contributed by atoms with van der Waals surface area (Å²) in [6, 6.07) is 3.50. The normalized spacial score (nSPS) is 19.6. The zero-order valence-corrected chi connectivity index (χ0v) is 14.1. The number of nitrogens with two attached hydrogens (primary N) is 1. The van der Waals surface area contributed by atoms with Gasteiger partial charge in [-0.3, -0.25) is 4.79 Å². The van der Waals surface area contributed by atoms with Crippen LogP contribution in [0.4, 0.5) is 5.69 Å². The highest BCUT2D eigenvalue weighted by Crippen LogP contribution is 2.25. The first-order valence-electron chi connectivity index (χ1n) is 6.66. The molecule has 1 aliphatic rings. The highest BCUT2D eigenvalue weighted by molar-refractivity contribution is 8.00. The number of rotatable bonds is 2. The summed E-state index contributed by atoms with van der Waals surface area (Å²) >= 11 is 1.56. The van der Waals surface area contributed by atoms with Gasteiger partial charge >= 0.3 is 0 Å². The number of anilines is 1. The molecule has 5 nitrogen and oxygen atoms in total. The molecule has 1 saturated heterocycles. The molecule has 0 saturated carbocycles. The second kappa shape index (κ2) is 5.88. The third-order valence-electron chi connectivity index (χ3n) is 3.68. The maximum absolute atomic E-state index is 12.7. The summed E-state index contributed by atoms with van der Waals surface area (Å²) in [6.45, 7) is 4.16. The number of carbonyl (C=O) groups is 1. The number of benzene rings is 1. The number of amides is 1. The molecule has 7 heteroatoms. The van der Waals surface area contributed by atoms with Gasteiger partial charge in [0, 0.05) is 35.6 Å². The number of carbonyl (C=O) groups excluding carboxylic acids is 1. The topological polar surface area (TPSA) is 80.5 Å². The second-order valence-electron chi connectivity index (χ2n) is 5.38. The molecule has 0 bridgehead atoms. The summed E-state index contributed by atoms with van der Waals surface area (Å²) in [4.78, 5) is 14.2. The minimum atomic E-state index is -3.31. The summed E-state index contributed by atoms with van der Waals surface area (Å²) in [5.74, 6) is 0.915. The van der Waals surface area contributed by atoms with Gasteiger partial charge in [-0.15, -0.1) is 0 Å². The number of hydrogen-bond acceptors (Lipinski definition) is 5. The summed E-state index contributed by atoms with van der Waals surface area (Å²) in [5, 5.41) is -0.759. The van der Waals surface area contributed by atoms with Gasteiger partial charge in [-0.1, -0.05) is 6.07 Å². The Morgan fingerprint density at radius 1 is 1.33 bits per heavy atom. The molecule has 0 spiro atoms. The number of thioether (sulfide) groups is 1. The van der Waals surface area contributed by atoms with E-state index in [1.165, 1.54) is 11.2 Å². The summed E-state index contributed by atoms with van der Waals surface area (Å²) < 4.78 is 23.8. The molecule has 2 N–H and O–H groups in total. The molecular weight excluding hydrogens is 308 g/mol. The van der Waals surface area contributed by atoms with E-state index in [1.54, 1.807) is 17.8 Å². The fourth-order valence-corrected chi connectivity index (χ4v) is 5.24. The fraction of sp³-hybridized carbons (Fsp3) is 0.500. The molecule has 1 aromatic carbocycles. The van der Waals surface area contributed by atoms with Crippen molar-refractivity contribution in [1.29, 1.82) is 0 Å². The van der Waals surface area contributed by atoms with Crippen molar-refractivity contribution >= 4 is 33.2 Å². The van der Waals surface area contributed by atoms with Gasteiger partial charge < -0.3 is 10.6 Å². The average Bonchev–Trinajstić information content (AvgIpc) is 2.41. The van der Waals surface area contributed by atoms with E-state index in [1.807, 2.05) is 19.9 Å². The quantitative estimate of drug-likeness (QED) is 0.831. The van der Waals surface area contributed by atoms with Crippen LogP contribution in [-0.4, -0.2) is 48.9 Å². The zero-order valence-electron chi connectivity index (χ0n) is 12.4. The lowest BCUT2D eigenvalue weighted by atomic mass is 10.0. The Kier molecular flexibility index (Phi) is 4.53. The molecular formula is C14H20N2O3S2. The van der Waals surface area contributed by atoms with E-state index in [9.17, 15) is 13.2 Å². The van der Waals surface area contributed by atoms with Gasteiger partial charge in [0.05, 0.1) is 0 Å². The maximum Gasteiger partial charge on any atom is 0.255 e. The summed E-state index contributed by atoms with van der Waals surface area (Å²) in [6.07, 6.45) is 1.18. The van der Waals surface area contributed by atoms with Crippen LogP contribution in [0.3, 0.4) is 0 Å². The Balaban J connectivity index is 2.40. The maximum atomic E-state index is 12.7. The average molecular weight is 328 g/mol. The molecule has 1 heterocycles. The third-order valence-corrected chi connectivity index (χ3v) is 6.33. The van der Waals surface area contributed by atoms with Crippen LogP contribution < -0.4 is 5.73 Å². The predicted octanol–water partition coefficient (Wildman–Crippen LogP) is 1.45. The van der Waals surface area contributed by atoms with Crippen molar-refractivity contribution in [3.8, 4) is 0 Å². The SMILES string of the molecule is Cc1cc(C)c(C(=O)N2CCSCC2S(C)(=O)=O)cc1N. The van der Waals surface area contributed by atoms with E-state index >= 15 is 0 Å². The van der Waals surface area contributed by atoms with Crippen LogP contribution in [0.5, 0.6) is 0 Å². The van der Waals surface area contributed by atoms with E-state index in [0.29, 0.717) is 23.5 Å². The highest BCUT2D eigenvalue weighted by Gasteiger charge is 2.35. The van der Waals surface area contributed by atoms with Gasteiger partial charge in [0.15, 0.2) is 9.84 Å². The van der Waals surface area contributed by atoms with Crippen LogP contribution in [0.1, 0.15) is 21.5 Å². The van der Waals surface area contributed by atoms with E-state index in [-0.39, 0.29) is 5.91 Å². The molecule has 1 aromatic rings. The smallest absolute Gasteiger partial charge is 0.255 e. The van der Waals surface area contributed by atoms with E-state index in [0.717, 1.165) is 16.9 Å². The molecule has 0 aliphatic carbocycles. The monoisotopic (exact) mass is 328 g/mol. The number of sulfone groups is 1. The molecule has 0 aromatic heterocycles. The van der Waals surface area contributed by atoms with Gasteiger partial charge in [0.2, 0.25) is 0 Å². The van der Waals surface area contributed by atoms with E-state index < -0.39 is 15.2 Å². The van der Waals surface area contributed by atoms with Gasteiger partial charge in [-0.25, -0.2) is 8.42 Å². The molecule has 1 unspecified atom stereocenters. The van der Waals surface area contributed by atoms with E-state index in [2.05, 4.69) is 0 Å². The number of aryl methyl sites for hydroxylation is 2.